The van der Waals surface area contributed by atoms with Crippen molar-refractivity contribution in [3.63, 3.8) is 0 Å². The van der Waals surface area contributed by atoms with E-state index >= 15 is 0 Å². The minimum Gasteiger partial charge on any atom is -0.309 e. The van der Waals surface area contributed by atoms with Gasteiger partial charge in [0.2, 0.25) is 0 Å². The number of nitrogens with zero attached hydrogens (tertiary/aromatic N) is 4. The van der Waals surface area contributed by atoms with E-state index in [1.807, 2.05) is 18.3 Å². The monoisotopic (exact) mass is 536 g/mol. The summed E-state index contributed by atoms with van der Waals surface area (Å²) >= 11 is 0. The lowest BCUT2D eigenvalue weighted by molar-refractivity contribution is 1.09. The van der Waals surface area contributed by atoms with E-state index in [0.717, 1.165) is 33.8 Å². The van der Waals surface area contributed by atoms with E-state index in [2.05, 4.69) is 135 Å². The van der Waals surface area contributed by atoms with Crippen molar-refractivity contribution in [1.29, 1.82) is 0 Å². The molecule has 4 heterocycles. The molecule has 0 saturated heterocycles. The summed E-state index contributed by atoms with van der Waals surface area (Å²) in [4.78, 5) is 9.50. The fraction of sp³-hybridized carbons (Fsp3) is 0. The van der Waals surface area contributed by atoms with E-state index in [4.69, 9.17) is 4.98 Å². The topological polar surface area (TPSA) is 35.6 Å². The number of hydrogen-bond acceptors (Lipinski definition) is 2. The van der Waals surface area contributed by atoms with Crippen LogP contribution in [0.5, 0.6) is 0 Å². The molecule has 5 aromatic carbocycles. The first-order chi connectivity index (χ1) is 20.9. The molecule has 0 bridgehead atoms. The van der Waals surface area contributed by atoms with Crippen LogP contribution in [0.4, 0.5) is 0 Å². The first kappa shape index (κ1) is 23.0. The van der Waals surface area contributed by atoms with Gasteiger partial charge in [-0.15, -0.1) is 0 Å². The molecule has 42 heavy (non-hydrogen) atoms. The van der Waals surface area contributed by atoms with Crippen molar-refractivity contribution in [3.05, 3.63) is 146 Å². The third-order valence-electron chi connectivity index (χ3n) is 8.40. The number of hydrogen-bond donors (Lipinski definition) is 0. The quantitative estimate of drug-likeness (QED) is 0.225. The smallest absolute Gasteiger partial charge is 0.138 e. The Labute approximate surface area is 241 Å². The van der Waals surface area contributed by atoms with Gasteiger partial charge in [0.25, 0.3) is 0 Å². The van der Waals surface area contributed by atoms with Crippen molar-refractivity contribution in [2.45, 2.75) is 0 Å². The van der Waals surface area contributed by atoms with E-state index in [1.54, 1.807) is 6.20 Å². The van der Waals surface area contributed by atoms with Gasteiger partial charge in [0.05, 0.1) is 27.8 Å². The average Bonchev–Trinajstić information content (AvgIpc) is 3.59. The normalized spacial score (nSPS) is 11.8. The van der Waals surface area contributed by atoms with Crippen molar-refractivity contribution in [3.8, 4) is 22.8 Å². The molecule has 0 radical (unpaired) electrons. The zero-order chi connectivity index (χ0) is 27.6. The molecule has 0 aliphatic carbocycles. The van der Waals surface area contributed by atoms with Crippen LogP contribution in [0, 0.1) is 0 Å². The van der Waals surface area contributed by atoms with Crippen LogP contribution in [-0.4, -0.2) is 19.1 Å². The molecule has 0 saturated carbocycles. The standard InChI is InChI=1S/C38H24N4/c1-2-11-26(12-3-1)41-34-16-6-4-13-27(34)29-19-22-32-31(37(29)41)21-20-30-28-14-5-7-17-35(28)42(38(30)32)36-18-8-15-33(40-36)25-10-9-23-39-24-25/h1-24H. The molecule has 4 nitrogen and oxygen atoms in total. The summed E-state index contributed by atoms with van der Waals surface area (Å²) in [5.41, 5.74) is 7.78. The lowest BCUT2D eigenvalue weighted by Crippen LogP contribution is -1.99. The van der Waals surface area contributed by atoms with E-state index in [1.165, 1.54) is 43.4 Å². The predicted molar refractivity (Wildman–Crippen MR) is 174 cm³/mol. The molecule has 0 amide bonds. The van der Waals surface area contributed by atoms with Crippen molar-refractivity contribution in [1.82, 2.24) is 19.1 Å². The second-order valence-electron chi connectivity index (χ2n) is 10.7. The van der Waals surface area contributed by atoms with Crippen LogP contribution in [0.25, 0.3) is 77.1 Å². The molecule has 0 aliphatic rings. The Morgan fingerprint density at radius 2 is 1.02 bits per heavy atom. The molecule has 0 fully saturated rings. The number of benzene rings is 5. The third-order valence-corrected chi connectivity index (χ3v) is 8.40. The molecule has 9 rings (SSSR count). The van der Waals surface area contributed by atoms with Crippen molar-refractivity contribution in [2.75, 3.05) is 0 Å². The van der Waals surface area contributed by atoms with Gasteiger partial charge in [-0.3, -0.25) is 9.55 Å². The average molecular weight is 537 g/mol. The summed E-state index contributed by atoms with van der Waals surface area (Å²) in [5, 5.41) is 7.35. The highest BCUT2D eigenvalue weighted by molar-refractivity contribution is 6.26. The maximum Gasteiger partial charge on any atom is 0.138 e. The van der Waals surface area contributed by atoms with Crippen molar-refractivity contribution < 1.29 is 0 Å². The van der Waals surface area contributed by atoms with Crippen molar-refractivity contribution in [2.24, 2.45) is 0 Å². The van der Waals surface area contributed by atoms with Gasteiger partial charge in [-0.1, -0.05) is 84.9 Å². The Balaban J connectivity index is 1.44. The first-order valence-electron chi connectivity index (χ1n) is 14.2. The molecule has 0 aliphatic heterocycles. The molecule has 196 valence electrons. The second-order valence-corrected chi connectivity index (χ2v) is 10.7. The Kier molecular flexibility index (Phi) is 4.87. The van der Waals surface area contributed by atoms with Crippen LogP contribution in [0.15, 0.2) is 146 Å². The lowest BCUT2D eigenvalue weighted by Gasteiger charge is -2.13. The summed E-state index contributed by atoms with van der Waals surface area (Å²) in [5.74, 6) is 0.888. The van der Waals surface area contributed by atoms with Gasteiger partial charge in [0.15, 0.2) is 0 Å². The minimum atomic E-state index is 0.888. The van der Waals surface area contributed by atoms with E-state index < -0.39 is 0 Å². The van der Waals surface area contributed by atoms with E-state index in [0.29, 0.717) is 0 Å². The molecular weight excluding hydrogens is 512 g/mol. The molecular formula is C38H24N4. The highest BCUT2D eigenvalue weighted by Gasteiger charge is 2.20. The molecule has 0 spiro atoms. The van der Waals surface area contributed by atoms with Crippen LogP contribution in [-0.2, 0) is 0 Å². The minimum absolute atomic E-state index is 0.888. The largest absolute Gasteiger partial charge is 0.309 e. The SMILES string of the molecule is c1ccc(-n2c3ccccc3c3ccc4c(ccc5c6ccccc6n(-c6cccc(-c7cccnc7)n6)c54)c32)cc1. The van der Waals surface area contributed by atoms with Crippen molar-refractivity contribution >= 4 is 54.4 Å². The second kappa shape index (κ2) is 8.88. The Hall–Kier alpha value is -5.74. The number of aromatic nitrogens is 4. The van der Waals surface area contributed by atoms with Crippen LogP contribution >= 0.6 is 0 Å². The highest BCUT2D eigenvalue weighted by Crippen LogP contribution is 2.41. The highest BCUT2D eigenvalue weighted by atomic mass is 15.1. The molecule has 4 heteroatoms. The van der Waals surface area contributed by atoms with Gasteiger partial charge in [-0.2, -0.15) is 0 Å². The predicted octanol–water partition coefficient (Wildman–Crippen LogP) is 9.49. The van der Waals surface area contributed by atoms with Gasteiger partial charge < -0.3 is 4.57 Å². The third kappa shape index (κ3) is 3.23. The van der Waals surface area contributed by atoms with Crippen LogP contribution < -0.4 is 0 Å². The van der Waals surface area contributed by atoms with E-state index in [9.17, 15) is 0 Å². The van der Waals surface area contributed by atoms with Crippen LogP contribution in [0.2, 0.25) is 0 Å². The summed E-state index contributed by atoms with van der Waals surface area (Å²) < 4.78 is 4.74. The van der Waals surface area contributed by atoms with Gasteiger partial charge in [-0.25, -0.2) is 4.98 Å². The maximum atomic E-state index is 5.17. The lowest BCUT2D eigenvalue weighted by atomic mass is 10.0. The van der Waals surface area contributed by atoms with Crippen LogP contribution in [0.1, 0.15) is 0 Å². The summed E-state index contributed by atoms with van der Waals surface area (Å²) in [6.07, 6.45) is 3.66. The molecule has 0 unspecified atom stereocenters. The Bertz CT molecular complexity index is 2450. The molecule has 4 aromatic heterocycles. The van der Waals surface area contributed by atoms with Gasteiger partial charge in [0.1, 0.15) is 5.82 Å². The zero-order valence-electron chi connectivity index (χ0n) is 22.6. The summed E-state index contributed by atoms with van der Waals surface area (Å²) in [6.45, 7) is 0. The fourth-order valence-corrected chi connectivity index (χ4v) is 6.63. The maximum absolute atomic E-state index is 5.17. The van der Waals surface area contributed by atoms with Gasteiger partial charge >= 0.3 is 0 Å². The van der Waals surface area contributed by atoms with Gasteiger partial charge in [0, 0.05) is 56.0 Å². The molecule has 9 aromatic rings. The Morgan fingerprint density at radius 3 is 1.69 bits per heavy atom. The fourth-order valence-electron chi connectivity index (χ4n) is 6.63. The summed E-state index contributed by atoms with van der Waals surface area (Å²) in [7, 11) is 0. The van der Waals surface area contributed by atoms with Crippen LogP contribution in [0.3, 0.4) is 0 Å². The van der Waals surface area contributed by atoms with E-state index in [-0.39, 0.29) is 0 Å². The summed E-state index contributed by atoms with van der Waals surface area (Å²) in [6, 6.07) is 47.4. The number of rotatable bonds is 3. The van der Waals surface area contributed by atoms with Gasteiger partial charge in [-0.05, 0) is 48.5 Å². The Morgan fingerprint density at radius 1 is 0.429 bits per heavy atom. The molecule has 0 atom stereocenters. The zero-order valence-corrected chi connectivity index (χ0v) is 22.6. The molecule has 0 N–H and O–H groups in total. The first-order valence-corrected chi connectivity index (χ1v) is 14.2. The number of pyridine rings is 2. The number of para-hydroxylation sites is 3. The number of fused-ring (bicyclic) bond motifs is 9.